The quantitative estimate of drug-likeness (QED) is 0.939. The Morgan fingerprint density at radius 1 is 1.37 bits per heavy atom. The second-order valence-corrected chi connectivity index (χ2v) is 4.81. The van der Waals surface area contributed by atoms with Gasteiger partial charge in [-0.1, -0.05) is 0 Å². The molecule has 0 radical (unpaired) electrons. The van der Waals surface area contributed by atoms with E-state index in [2.05, 4.69) is 32.3 Å². The molecule has 4 nitrogen and oxygen atoms in total. The van der Waals surface area contributed by atoms with E-state index in [0.717, 1.165) is 15.7 Å². The molecule has 0 fully saturated rings. The SMILES string of the molecule is COc1cc(C#N)ccc1NCc1cncc(Br)c1. The number of halogens is 1. The highest BCUT2D eigenvalue weighted by molar-refractivity contribution is 9.10. The summed E-state index contributed by atoms with van der Waals surface area (Å²) < 4.78 is 6.20. The van der Waals surface area contributed by atoms with Crippen LogP contribution in [0.3, 0.4) is 0 Å². The first-order valence-electron chi connectivity index (χ1n) is 5.64. The second kappa shape index (κ2) is 6.21. The van der Waals surface area contributed by atoms with Crippen molar-refractivity contribution >= 4 is 21.6 Å². The third-order valence-electron chi connectivity index (χ3n) is 2.58. The van der Waals surface area contributed by atoms with Crippen molar-refractivity contribution < 1.29 is 4.74 Å². The fourth-order valence-electron chi connectivity index (χ4n) is 1.66. The summed E-state index contributed by atoms with van der Waals surface area (Å²) in [6.07, 6.45) is 3.54. The van der Waals surface area contributed by atoms with Crippen molar-refractivity contribution in [2.75, 3.05) is 12.4 Å². The molecule has 19 heavy (non-hydrogen) atoms. The number of anilines is 1. The number of aromatic nitrogens is 1. The monoisotopic (exact) mass is 317 g/mol. The van der Waals surface area contributed by atoms with Crippen LogP contribution in [-0.4, -0.2) is 12.1 Å². The summed E-state index contributed by atoms with van der Waals surface area (Å²) in [5.74, 6) is 0.655. The summed E-state index contributed by atoms with van der Waals surface area (Å²) in [7, 11) is 1.59. The molecule has 1 aromatic heterocycles. The highest BCUT2D eigenvalue weighted by Gasteiger charge is 2.04. The first kappa shape index (κ1) is 13.4. The molecule has 0 aliphatic carbocycles. The number of rotatable bonds is 4. The van der Waals surface area contributed by atoms with E-state index in [0.29, 0.717) is 17.9 Å². The third kappa shape index (κ3) is 3.46. The Bertz CT molecular complexity index is 622. The molecule has 0 atom stereocenters. The maximum absolute atomic E-state index is 8.85. The molecular weight excluding hydrogens is 306 g/mol. The standard InChI is InChI=1S/C14H12BrN3O/c1-19-14-5-10(6-16)2-3-13(14)18-8-11-4-12(15)9-17-7-11/h2-5,7,9,18H,8H2,1H3. The molecule has 0 bridgehead atoms. The average molecular weight is 318 g/mol. The summed E-state index contributed by atoms with van der Waals surface area (Å²) in [6, 6.07) is 9.38. The van der Waals surface area contributed by atoms with Crippen molar-refractivity contribution in [3.63, 3.8) is 0 Å². The average Bonchev–Trinajstić information content (AvgIpc) is 2.45. The van der Waals surface area contributed by atoms with Gasteiger partial charge in [-0.15, -0.1) is 0 Å². The Labute approximate surface area is 120 Å². The molecule has 0 amide bonds. The smallest absolute Gasteiger partial charge is 0.143 e. The van der Waals surface area contributed by atoms with E-state index >= 15 is 0 Å². The molecule has 0 spiro atoms. The maximum atomic E-state index is 8.85. The Morgan fingerprint density at radius 2 is 2.21 bits per heavy atom. The van der Waals surface area contributed by atoms with Gasteiger partial charge in [-0.3, -0.25) is 4.98 Å². The van der Waals surface area contributed by atoms with E-state index < -0.39 is 0 Å². The first-order chi connectivity index (χ1) is 9.22. The van der Waals surface area contributed by atoms with Gasteiger partial charge in [-0.25, -0.2) is 0 Å². The van der Waals surface area contributed by atoms with Gasteiger partial charge in [0.2, 0.25) is 0 Å². The minimum absolute atomic E-state index is 0.575. The zero-order valence-corrected chi connectivity index (χ0v) is 11.9. The number of nitrogens with zero attached hydrogens (tertiary/aromatic N) is 2. The van der Waals surface area contributed by atoms with Crippen LogP contribution in [0.5, 0.6) is 5.75 Å². The van der Waals surface area contributed by atoms with Crippen molar-refractivity contribution in [1.29, 1.82) is 5.26 Å². The van der Waals surface area contributed by atoms with Crippen LogP contribution in [-0.2, 0) is 6.54 Å². The molecule has 0 saturated carbocycles. The van der Waals surface area contributed by atoms with Gasteiger partial charge in [0.15, 0.2) is 0 Å². The summed E-state index contributed by atoms with van der Waals surface area (Å²) in [5.41, 5.74) is 2.48. The normalized spacial score (nSPS) is 9.74. The molecule has 5 heteroatoms. The fraction of sp³-hybridized carbons (Fsp3) is 0.143. The summed E-state index contributed by atoms with van der Waals surface area (Å²) >= 11 is 3.38. The van der Waals surface area contributed by atoms with E-state index in [1.807, 2.05) is 12.1 Å². The number of hydrogen-bond acceptors (Lipinski definition) is 4. The molecular formula is C14H12BrN3O. The van der Waals surface area contributed by atoms with E-state index in [1.165, 1.54) is 0 Å². The molecule has 1 N–H and O–H groups in total. The van der Waals surface area contributed by atoms with Crippen LogP contribution in [0.25, 0.3) is 0 Å². The first-order valence-corrected chi connectivity index (χ1v) is 6.43. The number of pyridine rings is 1. The van der Waals surface area contributed by atoms with Gasteiger partial charge in [-0.2, -0.15) is 5.26 Å². The van der Waals surface area contributed by atoms with Crippen LogP contribution < -0.4 is 10.1 Å². The van der Waals surface area contributed by atoms with Gasteiger partial charge >= 0.3 is 0 Å². The van der Waals surface area contributed by atoms with Crippen molar-refractivity contribution in [2.45, 2.75) is 6.54 Å². The number of benzene rings is 1. The summed E-state index contributed by atoms with van der Waals surface area (Å²) in [4.78, 5) is 4.11. The van der Waals surface area contributed by atoms with Crippen LogP contribution in [0.15, 0.2) is 41.1 Å². The van der Waals surface area contributed by atoms with Gasteiger partial charge in [0.05, 0.1) is 24.4 Å². The highest BCUT2D eigenvalue weighted by atomic mass is 79.9. The minimum atomic E-state index is 0.575. The van der Waals surface area contributed by atoms with Crippen molar-refractivity contribution in [3.8, 4) is 11.8 Å². The van der Waals surface area contributed by atoms with Gasteiger partial charge < -0.3 is 10.1 Å². The van der Waals surface area contributed by atoms with Crippen LogP contribution in [0.1, 0.15) is 11.1 Å². The van der Waals surface area contributed by atoms with Crippen molar-refractivity contribution in [2.24, 2.45) is 0 Å². The fourth-order valence-corrected chi connectivity index (χ4v) is 2.07. The summed E-state index contributed by atoms with van der Waals surface area (Å²) in [5, 5.41) is 12.1. The molecule has 2 aromatic rings. The van der Waals surface area contributed by atoms with E-state index in [-0.39, 0.29) is 0 Å². The molecule has 2 rings (SSSR count). The number of methoxy groups -OCH3 is 1. The van der Waals surface area contributed by atoms with Crippen LogP contribution >= 0.6 is 15.9 Å². The molecule has 0 saturated heterocycles. The van der Waals surface area contributed by atoms with Gasteiger partial charge in [0.25, 0.3) is 0 Å². The van der Waals surface area contributed by atoms with E-state index in [4.69, 9.17) is 10.00 Å². The number of ether oxygens (including phenoxy) is 1. The molecule has 0 unspecified atom stereocenters. The number of nitrogens with one attached hydrogen (secondary N) is 1. The predicted molar refractivity (Wildman–Crippen MR) is 77.0 cm³/mol. The van der Waals surface area contributed by atoms with E-state index in [1.54, 1.807) is 31.6 Å². The zero-order valence-electron chi connectivity index (χ0n) is 10.4. The van der Waals surface area contributed by atoms with Gasteiger partial charge in [0.1, 0.15) is 5.75 Å². The van der Waals surface area contributed by atoms with Gasteiger partial charge in [-0.05, 0) is 39.7 Å². The van der Waals surface area contributed by atoms with Crippen LogP contribution in [0, 0.1) is 11.3 Å². The molecule has 0 aliphatic rings. The van der Waals surface area contributed by atoms with Crippen molar-refractivity contribution in [1.82, 2.24) is 4.98 Å². The lowest BCUT2D eigenvalue weighted by atomic mass is 10.2. The Balaban J connectivity index is 2.13. The predicted octanol–water partition coefficient (Wildman–Crippen LogP) is 3.34. The van der Waals surface area contributed by atoms with Crippen molar-refractivity contribution in [3.05, 3.63) is 52.3 Å². The lowest BCUT2D eigenvalue weighted by molar-refractivity contribution is 0.416. The lowest BCUT2D eigenvalue weighted by Crippen LogP contribution is -2.02. The van der Waals surface area contributed by atoms with E-state index in [9.17, 15) is 0 Å². The third-order valence-corrected chi connectivity index (χ3v) is 3.01. The van der Waals surface area contributed by atoms with Crippen LogP contribution in [0.4, 0.5) is 5.69 Å². The number of nitriles is 1. The topological polar surface area (TPSA) is 57.9 Å². The Hall–Kier alpha value is -2.06. The highest BCUT2D eigenvalue weighted by Crippen LogP contribution is 2.25. The molecule has 0 aliphatic heterocycles. The minimum Gasteiger partial charge on any atom is -0.495 e. The zero-order chi connectivity index (χ0) is 13.7. The molecule has 96 valence electrons. The Morgan fingerprint density at radius 3 is 2.89 bits per heavy atom. The maximum Gasteiger partial charge on any atom is 0.143 e. The summed E-state index contributed by atoms with van der Waals surface area (Å²) in [6.45, 7) is 0.634. The van der Waals surface area contributed by atoms with Crippen LogP contribution in [0.2, 0.25) is 0 Å². The molecule has 1 aromatic carbocycles. The molecule has 1 heterocycles. The lowest BCUT2D eigenvalue weighted by Gasteiger charge is -2.11. The largest absolute Gasteiger partial charge is 0.495 e. The van der Waals surface area contributed by atoms with Gasteiger partial charge in [0, 0.05) is 29.5 Å². The number of hydrogen-bond donors (Lipinski definition) is 1. The second-order valence-electron chi connectivity index (χ2n) is 3.89. The Kier molecular flexibility index (Phi) is 4.37.